The van der Waals surface area contributed by atoms with Gasteiger partial charge in [-0.15, -0.1) is 0 Å². The lowest BCUT2D eigenvalue weighted by Crippen LogP contribution is -2.62. The maximum absolute atomic E-state index is 10.3. The summed E-state index contributed by atoms with van der Waals surface area (Å²) in [5, 5.41) is 10.3. The lowest BCUT2D eigenvalue weighted by molar-refractivity contribution is -0.199. The Morgan fingerprint density at radius 3 is 2.61 bits per heavy atom. The summed E-state index contributed by atoms with van der Waals surface area (Å²) in [6.45, 7) is 11.0. The molecule has 0 aromatic carbocycles. The summed E-state index contributed by atoms with van der Waals surface area (Å²) in [7, 11) is 0. The molecule has 0 amide bonds. The van der Waals surface area contributed by atoms with E-state index in [4.69, 9.17) is 9.72 Å². The minimum atomic E-state index is -0.211. The Hall–Kier alpha value is -1.20. The van der Waals surface area contributed by atoms with Crippen LogP contribution in [0, 0.1) is 5.41 Å². The minimum Gasteiger partial charge on any atom is -0.392 e. The van der Waals surface area contributed by atoms with Crippen molar-refractivity contribution >= 4 is 5.82 Å². The number of rotatable bonds is 3. The van der Waals surface area contributed by atoms with E-state index in [9.17, 15) is 5.11 Å². The molecule has 128 valence electrons. The van der Waals surface area contributed by atoms with Crippen molar-refractivity contribution in [2.24, 2.45) is 5.41 Å². The molecule has 5 heteroatoms. The number of nitrogens with zero attached hydrogens (tertiary/aromatic N) is 3. The van der Waals surface area contributed by atoms with E-state index in [1.54, 1.807) is 0 Å². The molecule has 1 saturated heterocycles. The van der Waals surface area contributed by atoms with E-state index < -0.39 is 0 Å². The van der Waals surface area contributed by atoms with Gasteiger partial charge in [0, 0.05) is 43.1 Å². The topological polar surface area (TPSA) is 58.5 Å². The average Bonchev–Trinajstić information content (AvgIpc) is 2.54. The monoisotopic (exact) mass is 319 g/mol. The van der Waals surface area contributed by atoms with Crippen LogP contribution in [0.4, 0.5) is 5.82 Å². The summed E-state index contributed by atoms with van der Waals surface area (Å²) in [6, 6.07) is 1.99. The Kier molecular flexibility index (Phi) is 4.36. The Balaban J connectivity index is 1.70. The summed E-state index contributed by atoms with van der Waals surface area (Å²) in [5.74, 6) is 1.88. The first-order valence-electron chi connectivity index (χ1n) is 8.75. The molecular formula is C18H29N3O2. The molecule has 1 N–H and O–H groups in total. The Morgan fingerprint density at radius 1 is 1.35 bits per heavy atom. The van der Waals surface area contributed by atoms with E-state index in [0.29, 0.717) is 0 Å². The summed E-state index contributed by atoms with van der Waals surface area (Å²) in [5.41, 5.74) is -0.0797. The Morgan fingerprint density at radius 2 is 2.04 bits per heavy atom. The number of hydrogen-bond acceptors (Lipinski definition) is 5. The lowest BCUT2D eigenvalue weighted by Gasteiger charge is -2.56. The van der Waals surface area contributed by atoms with Crippen molar-refractivity contribution in [2.45, 2.75) is 64.6 Å². The van der Waals surface area contributed by atoms with Crippen molar-refractivity contribution in [2.75, 3.05) is 24.6 Å². The van der Waals surface area contributed by atoms with Gasteiger partial charge in [0.05, 0.1) is 12.2 Å². The molecule has 2 fully saturated rings. The second-order valence-electron chi connectivity index (χ2n) is 7.90. The molecule has 1 aliphatic carbocycles. The Bertz CT molecular complexity index is 545. The molecule has 1 aliphatic heterocycles. The first-order chi connectivity index (χ1) is 10.9. The van der Waals surface area contributed by atoms with Crippen LogP contribution in [0.3, 0.4) is 0 Å². The number of hydrogen-bond donors (Lipinski definition) is 1. The number of aliphatic hydroxyl groups excluding tert-OH is 1. The summed E-state index contributed by atoms with van der Waals surface area (Å²) >= 11 is 0. The SMILES string of the molecule is CCO[C@H]1C[C@H](O)C12CCN(c1ccnc(C(C)(C)C)n1)CC2. The van der Waals surface area contributed by atoms with Crippen LogP contribution in [0.15, 0.2) is 12.3 Å². The second kappa shape index (κ2) is 6.02. The maximum atomic E-state index is 10.3. The second-order valence-corrected chi connectivity index (χ2v) is 7.90. The van der Waals surface area contributed by atoms with Crippen molar-refractivity contribution in [1.82, 2.24) is 9.97 Å². The smallest absolute Gasteiger partial charge is 0.135 e. The molecule has 3 rings (SSSR count). The summed E-state index contributed by atoms with van der Waals surface area (Å²) in [4.78, 5) is 11.5. The highest BCUT2D eigenvalue weighted by Crippen LogP contribution is 2.51. The standard InChI is InChI=1S/C18H29N3O2/c1-5-23-14-12-13(22)18(14)7-10-21(11-8-18)15-6-9-19-16(20-15)17(2,3)4/h6,9,13-14,22H,5,7-8,10-12H2,1-4H3/t13-,14-/m0/s1. The predicted octanol–water partition coefficient (Wildman–Crippen LogP) is 2.53. The zero-order valence-corrected chi connectivity index (χ0v) is 14.7. The fourth-order valence-corrected chi connectivity index (χ4v) is 3.86. The van der Waals surface area contributed by atoms with Crippen LogP contribution in [0.1, 0.15) is 52.8 Å². The molecule has 23 heavy (non-hydrogen) atoms. The molecular weight excluding hydrogens is 290 g/mol. The largest absolute Gasteiger partial charge is 0.392 e. The van der Waals surface area contributed by atoms with E-state index >= 15 is 0 Å². The number of anilines is 1. The van der Waals surface area contributed by atoms with Crippen molar-refractivity contribution in [3.05, 3.63) is 18.1 Å². The summed E-state index contributed by atoms with van der Waals surface area (Å²) in [6.07, 6.45) is 4.59. The van der Waals surface area contributed by atoms with Gasteiger partial charge in [0.15, 0.2) is 0 Å². The quantitative estimate of drug-likeness (QED) is 0.928. The summed E-state index contributed by atoms with van der Waals surface area (Å²) < 4.78 is 5.84. The third kappa shape index (κ3) is 2.96. The third-order valence-electron chi connectivity index (χ3n) is 5.44. The van der Waals surface area contributed by atoms with Crippen molar-refractivity contribution < 1.29 is 9.84 Å². The third-order valence-corrected chi connectivity index (χ3v) is 5.44. The molecule has 1 spiro atoms. The molecule has 2 atom stereocenters. The lowest BCUT2D eigenvalue weighted by atomic mass is 9.58. The first kappa shape index (κ1) is 16.7. The first-order valence-corrected chi connectivity index (χ1v) is 8.75. The fraction of sp³-hybridized carbons (Fsp3) is 0.778. The average molecular weight is 319 g/mol. The number of piperidine rings is 1. The van der Waals surface area contributed by atoms with Gasteiger partial charge in [-0.25, -0.2) is 9.97 Å². The van der Waals surface area contributed by atoms with Crippen LogP contribution in [0.2, 0.25) is 0 Å². The zero-order valence-electron chi connectivity index (χ0n) is 14.7. The molecule has 0 unspecified atom stereocenters. The molecule has 0 radical (unpaired) electrons. The molecule has 1 aromatic rings. The van der Waals surface area contributed by atoms with Crippen LogP contribution in [0.25, 0.3) is 0 Å². The van der Waals surface area contributed by atoms with Crippen molar-refractivity contribution in [1.29, 1.82) is 0 Å². The van der Waals surface area contributed by atoms with Crippen LogP contribution >= 0.6 is 0 Å². The highest BCUT2D eigenvalue weighted by atomic mass is 16.5. The highest BCUT2D eigenvalue weighted by Gasteiger charge is 2.56. The zero-order chi connectivity index (χ0) is 16.7. The van der Waals surface area contributed by atoms with E-state index in [1.807, 2.05) is 19.2 Å². The van der Waals surface area contributed by atoms with Gasteiger partial charge >= 0.3 is 0 Å². The molecule has 2 aliphatic rings. The van der Waals surface area contributed by atoms with Gasteiger partial charge in [0.1, 0.15) is 11.6 Å². The molecule has 1 aromatic heterocycles. The van der Waals surface area contributed by atoms with Crippen LogP contribution in [-0.2, 0) is 10.2 Å². The normalized spacial score (nSPS) is 27.1. The maximum Gasteiger partial charge on any atom is 0.135 e. The van der Waals surface area contributed by atoms with E-state index in [2.05, 4.69) is 30.7 Å². The predicted molar refractivity (Wildman–Crippen MR) is 90.6 cm³/mol. The van der Waals surface area contributed by atoms with Gasteiger partial charge in [-0.2, -0.15) is 0 Å². The van der Waals surface area contributed by atoms with Crippen LogP contribution < -0.4 is 4.90 Å². The van der Waals surface area contributed by atoms with Gasteiger partial charge in [-0.05, 0) is 25.8 Å². The fourth-order valence-electron chi connectivity index (χ4n) is 3.86. The molecule has 5 nitrogen and oxygen atoms in total. The number of aliphatic hydroxyl groups is 1. The van der Waals surface area contributed by atoms with Crippen molar-refractivity contribution in [3.63, 3.8) is 0 Å². The highest BCUT2D eigenvalue weighted by molar-refractivity contribution is 5.39. The van der Waals surface area contributed by atoms with Crippen molar-refractivity contribution in [3.8, 4) is 0 Å². The molecule has 2 heterocycles. The van der Waals surface area contributed by atoms with E-state index in [-0.39, 0.29) is 23.0 Å². The van der Waals surface area contributed by atoms with Gasteiger partial charge < -0.3 is 14.7 Å². The van der Waals surface area contributed by atoms with Gasteiger partial charge in [-0.1, -0.05) is 20.8 Å². The number of aromatic nitrogens is 2. The Labute approximate surface area is 139 Å². The van der Waals surface area contributed by atoms with Gasteiger partial charge in [0.25, 0.3) is 0 Å². The minimum absolute atomic E-state index is 0.0353. The molecule has 0 bridgehead atoms. The molecule has 1 saturated carbocycles. The van der Waals surface area contributed by atoms with Gasteiger partial charge in [0.2, 0.25) is 0 Å². The van der Waals surface area contributed by atoms with Gasteiger partial charge in [-0.3, -0.25) is 0 Å². The number of ether oxygens (including phenoxy) is 1. The van der Waals surface area contributed by atoms with E-state index in [0.717, 1.165) is 50.6 Å². The van der Waals surface area contributed by atoms with Crippen LogP contribution in [-0.4, -0.2) is 47.0 Å². The van der Waals surface area contributed by atoms with E-state index in [1.165, 1.54) is 0 Å². The van der Waals surface area contributed by atoms with Crippen LogP contribution in [0.5, 0.6) is 0 Å².